The normalized spacial score (nSPS) is 11.7. The third kappa shape index (κ3) is 6.14. The fourth-order valence-corrected chi connectivity index (χ4v) is 9.33. The molecule has 0 aliphatic rings. The molecule has 0 spiro atoms. The molecule has 0 N–H and O–H groups in total. The summed E-state index contributed by atoms with van der Waals surface area (Å²) in [5.41, 5.74) is 15.1. The van der Waals surface area contributed by atoms with E-state index >= 15 is 0 Å². The minimum Gasteiger partial charge on any atom is -0.309 e. The summed E-state index contributed by atoms with van der Waals surface area (Å²) in [6.07, 6.45) is 0. The number of hydrogen-bond donors (Lipinski definition) is 0. The van der Waals surface area contributed by atoms with Crippen molar-refractivity contribution in [3.05, 3.63) is 180 Å². The predicted molar refractivity (Wildman–Crippen MR) is 252 cm³/mol. The monoisotopic (exact) mass is 802 g/mol. The largest absolute Gasteiger partial charge is 0.309 e. The van der Waals surface area contributed by atoms with Crippen molar-refractivity contribution in [1.29, 1.82) is 0 Å². The molecule has 11 rings (SSSR count). The minimum atomic E-state index is 0.637. The lowest BCUT2D eigenvalue weighted by atomic mass is 9.92. The summed E-state index contributed by atoms with van der Waals surface area (Å²) in [7, 11) is 0. The number of nitrogens with zero attached hydrogens (tertiary/aromatic N) is 8. The summed E-state index contributed by atoms with van der Waals surface area (Å²) < 4.78 is 4.80. The molecule has 0 bridgehead atoms. The van der Waals surface area contributed by atoms with Crippen LogP contribution >= 0.6 is 0 Å². The maximum absolute atomic E-state index is 4.95. The predicted octanol–water partition coefficient (Wildman–Crippen LogP) is 12.8. The minimum absolute atomic E-state index is 0.637. The number of rotatable bonds is 6. The molecular formula is C54H42N8. The van der Waals surface area contributed by atoms with E-state index in [0.717, 1.165) is 66.8 Å². The summed E-state index contributed by atoms with van der Waals surface area (Å²) in [5.74, 6) is 4.01. The molecule has 0 atom stereocenters. The van der Waals surface area contributed by atoms with Crippen molar-refractivity contribution in [2.75, 3.05) is 0 Å². The quantitative estimate of drug-likeness (QED) is 0.166. The van der Waals surface area contributed by atoms with Gasteiger partial charge in [-0.2, -0.15) is 0 Å². The fourth-order valence-electron chi connectivity index (χ4n) is 9.33. The highest BCUT2D eigenvalue weighted by Gasteiger charge is 2.23. The highest BCUT2D eigenvalue weighted by atomic mass is 15.0. The molecule has 0 aliphatic heterocycles. The van der Waals surface area contributed by atoms with Crippen molar-refractivity contribution in [2.24, 2.45) is 0 Å². The van der Waals surface area contributed by atoms with Gasteiger partial charge in [0.15, 0.2) is 11.6 Å². The Bertz CT molecular complexity index is 3570. The van der Waals surface area contributed by atoms with Crippen LogP contribution in [-0.4, -0.2) is 39.0 Å². The summed E-state index contributed by atoms with van der Waals surface area (Å²) in [6, 6.07) is 52.7. The first-order chi connectivity index (χ1) is 30.2. The van der Waals surface area contributed by atoms with Crippen LogP contribution in [0.4, 0.5) is 0 Å². The lowest BCUT2D eigenvalue weighted by Gasteiger charge is -2.20. The van der Waals surface area contributed by atoms with Crippen molar-refractivity contribution in [3.63, 3.8) is 0 Å². The van der Waals surface area contributed by atoms with Crippen molar-refractivity contribution in [3.8, 4) is 56.4 Å². The SMILES string of the molecule is Cc1ccc2c(c1)c1ccccc1n2-c1ccc(-c2nc(C)nc(C)n2)cc1-c1cccc(-c2c(-c3nc(C)nc(C)n3)cccc2-n2c3ccccc3c3cc(C)ccc32)c1. The molecule has 0 saturated carbocycles. The third-order valence-corrected chi connectivity index (χ3v) is 11.9. The van der Waals surface area contributed by atoms with Gasteiger partial charge in [-0.1, -0.05) is 90.0 Å². The van der Waals surface area contributed by atoms with Crippen LogP contribution in [0.2, 0.25) is 0 Å². The molecule has 0 aliphatic carbocycles. The second kappa shape index (κ2) is 14.4. The van der Waals surface area contributed by atoms with Gasteiger partial charge in [-0.05, 0) is 119 Å². The Kier molecular flexibility index (Phi) is 8.65. The topological polar surface area (TPSA) is 87.2 Å². The highest BCUT2D eigenvalue weighted by molar-refractivity contribution is 6.11. The summed E-state index contributed by atoms with van der Waals surface area (Å²) >= 11 is 0. The molecule has 0 unspecified atom stereocenters. The summed E-state index contributed by atoms with van der Waals surface area (Å²) in [5, 5.41) is 4.84. The summed E-state index contributed by atoms with van der Waals surface area (Å²) in [4.78, 5) is 28.6. The van der Waals surface area contributed by atoms with Crippen LogP contribution in [0, 0.1) is 41.5 Å². The van der Waals surface area contributed by atoms with E-state index < -0.39 is 0 Å². The van der Waals surface area contributed by atoms with E-state index in [2.05, 4.69) is 179 Å². The number of para-hydroxylation sites is 2. The average molecular weight is 803 g/mol. The van der Waals surface area contributed by atoms with Gasteiger partial charge in [-0.25, -0.2) is 29.9 Å². The van der Waals surface area contributed by atoms with E-state index in [9.17, 15) is 0 Å². The van der Waals surface area contributed by atoms with Crippen LogP contribution in [0.3, 0.4) is 0 Å². The average Bonchev–Trinajstić information content (AvgIpc) is 3.77. The molecule has 0 saturated heterocycles. The lowest BCUT2D eigenvalue weighted by Crippen LogP contribution is -2.04. The number of aryl methyl sites for hydroxylation is 6. The van der Waals surface area contributed by atoms with E-state index in [4.69, 9.17) is 19.9 Å². The first-order valence-corrected chi connectivity index (χ1v) is 21.0. The van der Waals surface area contributed by atoms with E-state index in [0.29, 0.717) is 34.9 Å². The van der Waals surface area contributed by atoms with Crippen LogP contribution in [0.15, 0.2) is 146 Å². The van der Waals surface area contributed by atoms with Crippen LogP contribution in [-0.2, 0) is 0 Å². The standard InChI is InChI=1S/C54H42N8/c1-31-21-24-49-44(27-31)40-15-7-9-18-46(40)61(49)48-26-23-39(53-57-33(3)55-34(4)58-53)30-43(48)37-13-11-14-38(29-37)52-42(54-59-35(5)56-36(6)60-54)17-12-20-51(52)62-47-19-10-8-16-41(47)45-28-32(2)22-25-50(45)62/h7-30H,1-6H3. The zero-order valence-electron chi connectivity index (χ0n) is 35.4. The number of fused-ring (bicyclic) bond motifs is 6. The van der Waals surface area contributed by atoms with Crippen LogP contribution in [0.1, 0.15) is 34.4 Å². The van der Waals surface area contributed by atoms with Gasteiger partial charge in [-0.15, -0.1) is 0 Å². The molecule has 4 heterocycles. The van der Waals surface area contributed by atoms with Gasteiger partial charge >= 0.3 is 0 Å². The van der Waals surface area contributed by atoms with E-state index in [1.54, 1.807) is 0 Å². The van der Waals surface area contributed by atoms with Crippen molar-refractivity contribution in [1.82, 2.24) is 39.0 Å². The second-order valence-electron chi connectivity index (χ2n) is 16.3. The third-order valence-electron chi connectivity index (χ3n) is 11.9. The maximum atomic E-state index is 4.95. The number of aromatic nitrogens is 8. The maximum Gasteiger partial charge on any atom is 0.164 e. The Morgan fingerprint density at radius 2 is 0.839 bits per heavy atom. The molecule has 0 radical (unpaired) electrons. The first-order valence-electron chi connectivity index (χ1n) is 21.0. The zero-order chi connectivity index (χ0) is 42.2. The Hall–Kier alpha value is -7.84. The second-order valence-corrected chi connectivity index (χ2v) is 16.3. The van der Waals surface area contributed by atoms with E-state index in [-0.39, 0.29) is 0 Å². The van der Waals surface area contributed by atoms with Gasteiger partial charge in [0.1, 0.15) is 23.3 Å². The highest BCUT2D eigenvalue weighted by Crippen LogP contribution is 2.43. The Labute approximate surface area is 359 Å². The molecule has 7 aromatic carbocycles. The first kappa shape index (κ1) is 37.2. The zero-order valence-corrected chi connectivity index (χ0v) is 35.4. The molecule has 0 fully saturated rings. The smallest absolute Gasteiger partial charge is 0.164 e. The van der Waals surface area contributed by atoms with Crippen LogP contribution in [0.5, 0.6) is 0 Å². The number of benzene rings is 7. The van der Waals surface area contributed by atoms with Gasteiger partial charge < -0.3 is 9.13 Å². The van der Waals surface area contributed by atoms with Gasteiger partial charge in [-0.3, -0.25) is 0 Å². The lowest BCUT2D eigenvalue weighted by molar-refractivity contribution is 0.928. The molecule has 0 amide bonds. The Morgan fingerprint density at radius 3 is 1.45 bits per heavy atom. The van der Waals surface area contributed by atoms with Crippen LogP contribution in [0.25, 0.3) is 100 Å². The summed E-state index contributed by atoms with van der Waals surface area (Å²) in [6.45, 7) is 12.0. The molecule has 62 heavy (non-hydrogen) atoms. The van der Waals surface area contributed by atoms with Gasteiger partial charge in [0.05, 0.1) is 33.4 Å². The van der Waals surface area contributed by atoms with Crippen molar-refractivity contribution >= 4 is 43.6 Å². The molecule has 11 aromatic rings. The van der Waals surface area contributed by atoms with Crippen LogP contribution < -0.4 is 0 Å². The van der Waals surface area contributed by atoms with E-state index in [1.165, 1.54) is 32.7 Å². The van der Waals surface area contributed by atoms with Crippen molar-refractivity contribution < 1.29 is 0 Å². The molecule has 4 aromatic heterocycles. The molecule has 298 valence electrons. The van der Waals surface area contributed by atoms with Gasteiger partial charge in [0, 0.05) is 43.8 Å². The van der Waals surface area contributed by atoms with E-state index in [1.807, 2.05) is 27.7 Å². The van der Waals surface area contributed by atoms with Gasteiger partial charge in [0.25, 0.3) is 0 Å². The molecule has 8 nitrogen and oxygen atoms in total. The molecular weight excluding hydrogens is 761 g/mol. The fraction of sp³-hybridized carbons (Fsp3) is 0.111. The molecule has 8 heteroatoms. The Balaban J connectivity index is 1.22. The van der Waals surface area contributed by atoms with Crippen molar-refractivity contribution in [2.45, 2.75) is 41.5 Å². The number of hydrogen-bond acceptors (Lipinski definition) is 6. The van der Waals surface area contributed by atoms with Gasteiger partial charge in [0.2, 0.25) is 0 Å². The Morgan fingerprint density at radius 1 is 0.323 bits per heavy atom.